The van der Waals surface area contributed by atoms with E-state index in [4.69, 9.17) is 23.2 Å². The van der Waals surface area contributed by atoms with Crippen molar-refractivity contribution in [1.29, 1.82) is 0 Å². The second-order valence-corrected chi connectivity index (χ2v) is 12.0. The molecule has 0 saturated heterocycles. The lowest BCUT2D eigenvalue weighted by Crippen LogP contribution is -2.43. The van der Waals surface area contributed by atoms with Crippen LogP contribution in [0.1, 0.15) is 144 Å². The number of Topliss-reactive ketones (excluding diaryl/α,β-unsaturated/α-hetero) is 1. The van der Waals surface area contributed by atoms with Crippen LogP contribution in [-0.2, 0) is 15.0 Å². The zero-order valence-corrected chi connectivity index (χ0v) is 29.2. The highest BCUT2D eigenvalue weighted by Crippen LogP contribution is 2.34. The summed E-state index contributed by atoms with van der Waals surface area (Å²) in [5, 5.41) is 4.20. The van der Waals surface area contributed by atoms with Crippen LogP contribution < -0.4 is 5.32 Å². The Hall–Kier alpha value is -1.84. The quantitative estimate of drug-likeness (QED) is 0.261. The number of carbonyl (C=O) groups excluding carboxylic acids is 2. The normalized spacial score (nSPS) is 12.3. The van der Waals surface area contributed by atoms with Gasteiger partial charge in [0.2, 0.25) is 5.91 Å². The molecule has 234 valence electrons. The van der Waals surface area contributed by atoms with Crippen molar-refractivity contribution in [2.24, 2.45) is 5.92 Å². The number of ketones is 1. The zero-order valence-electron chi connectivity index (χ0n) is 27.7. The van der Waals surface area contributed by atoms with Crippen LogP contribution in [-0.4, -0.2) is 11.7 Å². The lowest BCUT2D eigenvalue weighted by atomic mass is 9.77. The molecule has 0 aliphatic carbocycles. The van der Waals surface area contributed by atoms with Crippen molar-refractivity contribution in [3.05, 3.63) is 69.7 Å². The molecule has 0 fully saturated rings. The zero-order chi connectivity index (χ0) is 31.8. The maximum Gasteiger partial charge on any atom is 0.230 e. The van der Waals surface area contributed by atoms with Crippen LogP contribution in [0.3, 0.4) is 0 Å². The van der Waals surface area contributed by atoms with Crippen molar-refractivity contribution in [3.63, 3.8) is 0 Å². The summed E-state index contributed by atoms with van der Waals surface area (Å²) in [5.41, 5.74) is 1.36. The average molecular weight is 609 g/mol. The first-order chi connectivity index (χ1) is 19.4. The van der Waals surface area contributed by atoms with E-state index in [1.54, 1.807) is 6.07 Å². The van der Waals surface area contributed by atoms with Crippen LogP contribution >= 0.6 is 23.2 Å². The Labute approximate surface area is 263 Å². The Morgan fingerprint density at radius 2 is 1.29 bits per heavy atom. The molecule has 0 saturated carbocycles. The number of rotatable bonds is 12. The molecule has 0 aliphatic heterocycles. The van der Waals surface area contributed by atoms with Gasteiger partial charge < -0.3 is 10.1 Å². The van der Waals surface area contributed by atoms with Crippen molar-refractivity contribution in [2.75, 3.05) is 0 Å². The fourth-order valence-electron chi connectivity index (χ4n) is 4.28. The lowest BCUT2D eigenvalue weighted by molar-refractivity contribution is -0.127. The molecule has 2 aromatic rings. The van der Waals surface area contributed by atoms with E-state index in [0.717, 1.165) is 36.3 Å². The van der Waals surface area contributed by atoms with Crippen LogP contribution in [0.2, 0.25) is 10.0 Å². The van der Waals surface area contributed by atoms with Gasteiger partial charge in [0, 0.05) is 0 Å². The summed E-state index contributed by atoms with van der Waals surface area (Å²) < 4.78 is 0. The number of unbranched alkanes of at least 4 members (excludes halogenated alkanes) is 1. The number of nitrogens with one attached hydrogen (secondary N) is 1. The number of hydrogen-bond donors (Lipinski definition) is 1. The van der Waals surface area contributed by atoms with Crippen LogP contribution in [0.5, 0.6) is 0 Å². The second-order valence-electron chi connectivity index (χ2n) is 11.1. The SMILES string of the molecule is CC(C)=O.CCCC.CCCC(C)(C(=O)N[C@@H](CC)c1ccccc1)c1ccc(Cl)c(Cl)c1.CCCC(C)CCC. The summed E-state index contributed by atoms with van der Waals surface area (Å²) in [6.45, 7) is 20.4. The summed E-state index contributed by atoms with van der Waals surface area (Å²) in [6, 6.07) is 15.5. The van der Waals surface area contributed by atoms with E-state index in [0.29, 0.717) is 10.0 Å². The molecule has 0 aliphatic rings. The number of carbonyl (C=O) groups is 2. The monoisotopic (exact) mass is 607 g/mol. The minimum Gasteiger partial charge on any atom is -0.349 e. The van der Waals surface area contributed by atoms with Crippen molar-refractivity contribution in [3.8, 4) is 0 Å². The van der Waals surface area contributed by atoms with Crippen molar-refractivity contribution in [2.45, 2.75) is 138 Å². The molecule has 1 N–H and O–H groups in total. The van der Waals surface area contributed by atoms with E-state index in [1.807, 2.05) is 49.4 Å². The molecule has 1 amide bonds. The van der Waals surface area contributed by atoms with E-state index >= 15 is 0 Å². The average Bonchev–Trinajstić information content (AvgIpc) is 2.94. The van der Waals surface area contributed by atoms with Crippen LogP contribution in [0, 0.1) is 5.92 Å². The molecule has 3 nitrogen and oxygen atoms in total. The molecule has 2 aromatic carbocycles. The predicted molar refractivity (Wildman–Crippen MR) is 182 cm³/mol. The minimum absolute atomic E-state index is 0.00680. The molecule has 0 radical (unpaired) electrons. The van der Waals surface area contributed by atoms with Gasteiger partial charge in [0.1, 0.15) is 5.78 Å². The van der Waals surface area contributed by atoms with Gasteiger partial charge in [-0.25, -0.2) is 0 Å². The van der Waals surface area contributed by atoms with Crippen molar-refractivity contribution in [1.82, 2.24) is 5.32 Å². The van der Waals surface area contributed by atoms with Gasteiger partial charge in [0.05, 0.1) is 21.5 Å². The number of hydrogen-bond acceptors (Lipinski definition) is 2. The molecule has 0 bridgehead atoms. The van der Waals surface area contributed by atoms with Gasteiger partial charge in [-0.2, -0.15) is 0 Å². The van der Waals surface area contributed by atoms with E-state index in [9.17, 15) is 9.59 Å². The molecule has 0 spiro atoms. The minimum atomic E-state index is -0.648. The summed E-state index contributed by atoms with van der Waals surface area (Å²) in [7, 11) is 0. The molecule has 0 heterocycles. The number of benzene rings is 2. The van der Waals surface area contributed by atoms with Gasteiger partial charge in [-0.05, 0) is 62.8 Å². The van der Waals surface area contributed by atoms with E-state index < -0.39 is 5.41 Å². The molecule has 2 atom stereocenters. The third-order valence-electron chi connectivity index (χ3n) is 6.79. The van der Waals surface area contributed by atoms with Gasteiger partial charge in [0.25, 0.3) is 0 Å². The van der Waals surface area contributed by atoms with Gasteiger partial charge in [-0.15, -0.1) is 0 Å². The molecule has 5 heteroatoms. The second kappa shape index (κ2) is 24.7. The van der Waals surface area contributed by atoms with Crippen LogP contribution in [0.4, 0.5) is 0 Å². The Kier molecular flexibility index (Phi) is 24.9. The fraction of sp³-hybridized carbons (Fsp3) is 0.611. The smallest absolute Gasteiger partial charge is 0.230 e. The standard InChI is InChI=1S/C21H25Cl2NO.C8H18.C4H10.C3H6O/c1-4-13-21(3,16-11-12-17(22)18(23)14-16)20(25)24-19(5-2)15-9-7-6-8-10-15;1-4-6-8(3)7-5-2;1-3-4-2;1-3(2)4/h6-12,14,19H,4-5,13H2,1-3H3,(H,24,25);8H,4-7H2,1-3H3;3-4H2,1-2H3;1-2H3/t19-,21?;;;/m0.../s1. The van der Waals surface area contributed by atoms with Crippen molar-refractivity contribution < 1.29 is 9.59 Å². The Balaban J connectivity index is 0. The first-order valence-electron chi connectivity index (χ1n) is 15.7. The van der Waals surface area contributed by atoms with E-state index in [1.165, 1.54) is 52.4 Å². The van der Waals surface area contributed by atoms with Gasteiger partial charge in [-0.3, -0.25) is 4.79 Å². The third kappa shape index (κ3) is 18.3. The van der Waals surface area contributed by atoms with Gasteiger partial charge in [-0.1, -0.05) is 153 Å². The Bertz CT molecular complexity index is 936. The molecular weight excluding hydrogens is 549 g/mol. The van der Waals surface area contributed by atoms with E-state index in [2.05, 4.69) is 53.8 Å². The topological polar surface area (TPSA) is 46.2 Å². The molecule has 41 heavy (non-hydrogen) atoms. The summed E-state index contributed by atoms with van der Waals surface area (Å²) >= 11 is 12.2. The number of halogens is 2. The van der Waals surface area contributed by atoms with Crippen LogP contribution in [0.15, 0.2) is 48.5 Å². The summed E-state index contributed by atoms with van der Waals surface area (Å²) in [4.78, 5) is 22.7. The molecular formula is C36H59Cl2NO2. The lowest BCUT2D eigenvalue weighted by Gasteiger charge is -2.31. The summed E-state index contributed by atoms with van der Waals surface area (Å²) in [5.74, 6) is 1.15. The molecule has 1 unspecified atom stereocenters. The van der Waals surface area contributed by atoms with Gasteiger partial charge in [0.15, 0.2) is 0 Å². The first kappa shape index (κ1) is 41.3. The highest BCUT2D eigenvalue weighted by molar-refractivity contribution is 6.42. The summed E-state index contributed by atoms with van der Waals surface area (Å²) in [6.07, 6.45) is 10.6. The first-order valence-corrected chi connectivity index (χ1v) is 16.4. The highest BCUT2D eigenvalue weighted by Gasteiger charge is 2.35. The number of amides is 1. The van der Waals surface area contributed by atoms with Gasteiger partial charge >= 0.3 is 0 Å². The molecule has 2 rings (SSSR count). The van der Waals surface area contributed by atoms with Crippen LogP contribution in [0.25, 0.3) is 0 Å². The Morgan fingerprint density at radius 1 is 0.780 bits per heavy atom. The molecule has 0 aromatic heterocycles. The Morgan fingerprint density at radius 3 is 1.68 bits per heavy atom. The largest absolute Gasteiger partial charge is 0.349 e. The maximum absolute atomic E-state index is 13.2. The predicted octanol–water partition coefficient (Wildman–Crippen LogP) is 11.9. The van der Waals surface area contributed by atoms with E-state index in [-0.39, 0.29) is 17.7 Å². The third-order valence-corrected chi connectivity index (χ3v) is 7.53. The van der Waals surface area contributed by atoms with Crippen molar-refractivity contribution >= 4 is 34.9 Å². The fourth-order valence-corrected chi connectivity index (χ4v) is 4.58. The maximum atomic E-state index is 13.2. The highest BCUT2D eigenvalue weighted by atomic mass is 35.5.